The van der Waals surface area contributed by atoms with Gasteiger partial charge in [-0.1, -0.05) is 29.8 Å². The van der Waals surface area contributed by atoms with Gasteiger partial charge in [-0.3, -0.25) is 0 Å². The molecule has 0 atom stereocenters. The first-order valence-electron chi connectivity index (χ1n) is 3.73. The Balaban J connectivity index is 3.06. The molecule has 0 aromatic heterocycles. The van der Waals surface area contributed by atoms with Gasteiger partial charge >= 0.3 is 0 Å². The van der Waals surface area contributed by atoms with Crippen molar-refractivity contribution >= 4 is 5.70 Å². The van der Waals surface area contributed by atoms with E-state index < -0.39 is 0 Å². The summed E-state index contributed by atoms with van der Waals surface area (Å²) < 4.78 is 0. The minimum Gasteiger partial charge on any atom is -0.399 e. The van der Waals surface area contributed by atoms with Crippen LogP contribution in [0.4, 0.5) is 0 Å². The first kappa shape index (κ1) is 7.86. The van der Waals surface area contributed by atoms with Crippen LogP contribution in [0, 0.1) is 6.92 Å². The molecule has 0 saturated heterocycles. The van der Waals surface area contributed by atoms with Gasteiger partial charge < -0.3 is 5.73 Å². The summed E-state index contributed by atoms with van der Waals surface area (Å²) in [5, 5.41) is 0. The van der Waals surface area contributed by atoms with Crippen molar-refractivity contribution in [3.05, 3.63) is 41.5 Å². The van der Waals surface area contributed by atoms with Gasteiger partial charge in [-0.25, -0.2) is 0 Å². The van der Waals surface area contributed by atoms with Crippen LogP contribution < -0.4 is 5.73 Å². The maximum atomic E-state index is 5.72. The summed E-state index contributed by atoms with van der Waals surface area (Å²) in [6, 6.07) is 8.17. The van der Waals surface area contributed by atoms with Gasteiger partial charge in [0.2, 0.25) is 0 Å². The fourth-order valence-electron chi connectivity index (χ4n) is 0.991. The number of hydrogen-bond donors (Lipinski definition) is 1. The highest BCUT2D eigenvalue weighted by atomic mass is 14.6. The van der Waals surface area contributed by atoms with E-state index in [-0.39, 0.29) is 0 Å². The molecule has 0 amide bonds. The minimum absolute atomic E-state index is 0.841. The number of aryl methyl sites for hydroxylation is 1. The number of allylic oxidation sites excluding steroid dienone is 1. The molecule has 0 saturated carbocycles. The lowest BCUT2D eigenvalue weighted by Crippen LogP contribution is -1.95. The van der Waals surface area contributed by atoms with Crippen molar-refractivity contribution in [2.24, 2.45) is 5.73 Å². The van der Waals surface area contributed by atoms with E-state index in [9.17, 15) is 0 Å². The second-order valence-corrected chi connectivity index (χ2v) is 2.61. The fraction of sp³-hybridized carbons (Fsp3) is 0.200. The third kappa shape index (κ3) is 1.84. The Hall–Kier alpha value is -1.24. The molecule has 1 heteroatoms. The molecule has 0 aliphatic heterocycles. The average molecular weight is 147 g/mol. The number of hydrogen-bond acceptors (Lipinski definition) is 1. The van der Waals surface area contributed by atoms with Crippen LogP contribution in [-0.2, 0) is 0 Å². The van der Waals surface area contributed by atoms with Crippen LogP contribution in [0.2, 0.25) is 0 Å². The second-order valence-electron chi connectivity index (χ2n) is 2.61. The molecule has 0 fully saturated rings. The maximum absolute atomic E-state index is 5.72. The first-order chi connectivity index (χ1) is 5.24. The molecule has 1 aromatic rings. The summed E-state index contributed by atoms with van der Waals surface area (Å²) in [7, 11) is 0. The van der Waals surface area contributed by atoms with E-state index in [4.69, 9.17) is 5.73 Å². The van der Waals surface area contributed by atoms with E-state index >= 15 is 0 Å². The summed E-state index contributed by atoms with van der Waals surface area (Å²) in [5.41, 5.74) is 8.91. The Bertz CT molecular complexity index is 274. The maximum Gasteiger partial charge on any atom is 0.0344 e. The van der Waals surface area contributed by atoms with Crippen molar-refractivity contribution < 1.29 is 0 Å². The van der Waals surface area contributed by atoms with Crippen LogP contribution in [0.1, 0.15) is 18.1 Å². The van der Waals surface area contributed by atoms with Crippen LogP contribution in [0.3, 0.4) is 0 Å². The third-order valence-corrected chi connectivity index (χ3v) is 1.66. The monoisotopic (exact) mass is 147 g/mol. The largest absolute Gasteiger partial charge is 0.399 e. The molecule has 0 aliphatic carbocycles. The van der Waals surface area contributed by atoms with Gasteiger partial charge in [0.25, 0.3) is 0 Å². The molecule has 0 bridgehead atoms. The molecule has 0 radical (unpaired) electrons. The Morgan fingerprint density at radius 1 is 1.45 bits per heavy atom. The van der Waals surface area contributed by atoms with Crippen molar-refractivity contribution in [3.8, 4) is 0 Å². The van der Waals surface area contributed by atoms with Crippen molar-refractivity contribution in [1.29, 1.82) is 0 Å². The van der Waals surface area contributed by atoms with Gasteiger partial charge in [0.15, 0.2) is 0 Å². The molecule has 58 valence electrons. The average Bonchev–Trinajstić information content (AvgIpc) is 2.03. The molecule has 2 N–H and O–H groups in total. The van der Waals surface area contributed by atoms with E-state index in [1.807, 2.05) is 25.1 Å². The molecule has 1 rings (SSSR count). The highest BCUT2D eigenvalue weighted by Crippen LogP contribution is 2.09. The first-order valence-corrected chi connectivity index (χ1v) is 3.73. The van der Waals surface area contributed by atoms with Crippen LogP contribution >= 0.6 is 0 Å². The van der Waals surface area contributed by atoms with E-state index in [2.05, 4.69) is 19.1 Å². The Morgan fingerprint density at radius 2 is 2.18 bits per heavy atom. The summed E-state index contributed by atoms with van der Waals surface area (Å²) in [6.45, 7) is 4.00. The van der Waals surface area contributed by atoms with Gasteiger partial charge in [0.1, 0.15) is 0 Å². The van der Waals surface area contributed by atoms with Crippen LogP contribution in [-0.4, -0.2) is 0 Å². The van der Waals surface area contributed by atoms with Gasteiger partial charge in [0.05, 0.1) is 0 Å². The van der Waals surface area contributed by atoms with E-state index in [1.165, 1.54) is 5.56 Å². The summed E-state index contributed by atoms with van der Waals surface area (Å²) >= 11 is 0. The van der Waals surface area contributed by atoms with Crippen molar-refractivity contribution in [2.75, 3.05) is 0 Å². The van der Waals surface area contributed by atoms with Gasteiger partial charge in [-0.15, -0.1) is 0 Å². The van der Waals surface area contributed by atoms with Crippen LogP contribution in [0.15, 0.2) is 30.3 Å². The number of nitrogens with two attached hydrogens (primary N) is 1. The van der Waals surface area contributed by atoms with Gasteiger partial charge in [-0.2, -0.15) is 0 Å². The van der Waals surface area contributed by atoms with Crippen LogP contribution in [0.5, 0.6) is 0 Å². The van der Waals surface area contributed by atoms with Crippen molar-refractivity contribution in [3.63, 3.8) is 0 Å². The second kappa shape index (κ2) is 3.24. The predicted octanol–water partition coefficient (Wildman–Crippen LogP) is 2.31. The Labute approximate surface area is 67.5 Å². The SMILES string of the molecule is C/C=C(\N)c1cccc(C)c1. The molecular formula is C10H13N. The standard InChI is InChI=1S/C10H13N/c1-3-10(11)9-6-4-5-8(2)7-9/h3-7H,11H2,1-2H3/b10-3-. The zero-order chi connectivity index (χ0) is 8.27. The molecule has 0 aliphatic rings. The summed E-state index contributed by atoms with van der Waals surface area (Å²) in [4.78, 5) is 0. The van der Waals surface area contributed by atoms with Crippen LogP contribution in [0.25, 0.3) is 5.70 Å². The topological polar surface area (TPSA) is 26.0 Å². The summed E-state index contributed by atoms with van der Waals surface area (Å²) in [6.07, 6.45) is 1.91. The molecular weight excluding hydrogens is 134 g/mol. The minimum atomic E-state index is 0.841. The smallest absolute Gasteiger partial charge is 0.0344 e. The third-order valence-electron chi connectivity index (χ3n) is 1.66. The van der Waals surface area contributed by atoms with Crippen molar-refractivity contribution in [2.45, 2.75) is 13.8 Å². The number of benzene rings is 1. The lowest BCUT2D eigenvalue weighted by Gasteiger charge is -2.00. The Morgan fingerprint density at radius 3 is 2.73 bits per heavy atom. The lowest BCUT2D eigenvalue weighted by molar-refractivity contribution is 1.41. The Kier molecular flexibility index (Phi) is 2.32. The number of rotatable bonds is 1. The van der Waals surface area contributed by atoms with Gasteiger partial charge in [-0.05, 0) is 25.5 Å². The summed E-state index contributed by atoms with van der Waals surface area (Å²) in [5.74, 6) is 0. The normalized spacial score (nSPS) is 11.6. The van der Waals surface area contributed by atoms with Crippen molar-refractivity contribution in [1.82, 2.24) is 0 Å². The molecule has 0 heterocycles. The predicted molar refractivity (Wildman–Crippen MR) is 49.0 cm³/mol. The quantitative estimate of drug-likeness (QED) is 0.648. The zero-order valence-electron chi connectivity index (χ0n) is 6.96. The highest BCUT2D eigenvalue weighted by Gasteiger charge is 1.93. The lowest BCUT2D eigenvalue weighted by atomic mass is 10.1. The van der Waals surface area contributed by atoms with E-state index in [1.54, 1.807) is 0 Å². The fourth-order valence-corrected chi connectivity index (χ4v) is 0.991. The highest BCUT2D eigenvalue weighted by molar-refractivity contribution is 5.62. The van der Waals surface area contributed by atoms with E-state index in [0.29, 0.717) is 0 Å². The molecule has 11 heavy (non-hydrogen) atoms. The molecule has 1 aromatic carbocycles. The molecule has 1 nitrogen and oxygen atoms in total. The molecule has 0 unspecified atom stereocenters. The van der Waals surface area contributed by atoms with E-state index in [0.717, 1.165) is 11.3 Å². The molecule has 0 spiro atoms. The van der Waals surface area contributed by atoms with Gasteiger partial charge in [0, 0.05) is 5.70 Å². The zero-order valence-corrected chi connectivity index (χ0v) is 6.96.